The Balaban J connectivity index is 1.24. The maximum atomic E-state index is 14.6. The molecule has 3 N–H and O–H groups in total. The Morgan fingerprint density at radius 3 is 2.76 bits per heavy atom. The number of carbonyl (C=O) groups excluding carboxylic acids is 3. The first kappa shape index (κ1) is 25.8. The van der Waals surface area contributed by atoms with E-state index in [9.17, 15) is 24.0 Å². The van der Waals surface area contributed by atoms with Crippen molar-refractivity contribution in [2.75, 3.05) is 6.54 Å². The Bertz CT molecular complexity index is 1790. The molecule has 12 nitrogen and oxygen atoms in total. The molecule has 3 aromatic heterocycles. The van der Waals surface area contributed by atoms with Crippen molar-refractivity contribution in [2.24, 2.45) is 5.73 Å². The number of carbonyl (C=O) groups is 3. The molecule has 2 unspecified atom stereocenters. The summed E-state index contributed by atoms with van der Waals surface area (Å²) >= 11 is 0. The van der Waals surface area contributed by atoms with Gasteiger partial charge in [0.05, 0.1) is 35.8 Å². The number of allylic oxidation sites excluding steroid dienone is 1. The van der Waals surface area contributed by atoms with E-state index in [1.165, 1.54) is 9.58 Å². The molecule has 0 saturated carbocycles. The summed E-state index contributed by atoms with van der Waals surface area (Å²) in [6.07, 6.45) is 3.84. The number of halogens is 1. The number of hydrogen-bond acceptors (Lipinski definition) is 8. The zero-order valence-electron chi connectivity index (χ0n) is 21.5. The third kappa shape index (κ3) is 4.76. The second-order valence-electron chi connectivity index (χ2n) is 9.76. The zero-order valence-corrected chi connectivity index (χ0v) is 21.5. The number of amides is 3. The topological polar surface area (TPSA) is 173 Å². The Labute approximate surface area is 232 Å². The molecule has 6 rings (SSSR count). The number of aromatic nitrogens is 5. The standard InChI is InChI=1S/C28H22FN9O3/c29-18-10-23(28(41)35-21-5-2-15-1-4-19(11-30)34-25(15)21)37(13-18)24(39)14-38-22-6-3-16(17-7-8-32-33-12-17)9-20(22)26(36-38)27(31)40/h1,3-9,12,18,23H,2,10,13-14H2,(H2,31,40)(H,35,41). The summed E-state index contributed by atoms with van der Waals surface area (Å²) in [4.78, 5) is 44.3. The summed E-state index contributed by atoms with van der Waals surface area (Å²) in [7, 11) is 0. The number of likely N-dealkylation sites (tertiary alicyclic amines) is 1. The average molecular weight is 552 g/mol. The highest BCUT2D eigenvalue weighted by atomic mass is 19.1. The van der Waals surface area contributed by atoms with Gasteiger partial charge in [0, 0.05) is 17.4 Å². The quantitative estimate of drug-likeness (QED) is 0.363. The fourth-order valence-electron chi connectivity index (χ4n) is 5.23. The Morgan fingerprint density at radius 1 is 1.15 bits per heavy atom. The maximum Gasteiger partial charge on any atom is 0.269 e. The first-order valence-corrected chi connectivity index (χ1v) is 12.7. The minimum atomic E-state index is -1.39. The van der Waals surface area contributed by atoms with Gasteiger partial charge in [-0.15, -0.1) is 0 Å². The van der Waals surface area contributed by atoms with E-state index < -0.39 is 29.9 Å². The predicted octanol–water partition coefficient (Wildman–Crippen LogP) is 1.51. The highest BCUT2D eigenvalue weighted by Gasteiger charge is 2.40. The molecular formula is C28H22FN9O3. The van der Waals surface area contributed by atoms with Gasteiger partial charge < -0.3 is 16.0 Å². The van der Waals surface area contributed by atoms with E-state index in [0.29, 0.717) is 28.7 Å². The van der Waals surface area contributed by atoms with Gasteiger partial charge >= 0.3 is 0 Å². The molecule has 1 aromatic carbocycles. The van der Waals surface area contributed by atoms with E-state index in [0.717, 1.165) is 16.7 Å². The van der Waals surface area contributed by atoms with Crippen molar-refractivity contribution < 1.29 is 18.8 Å². The summed E-state index contributed by atoms with van der Waals surface area (Å²) in [5.74, 6) is -1.87. The van der Waals surface area contributed by atoms with Crippen LogP contribution in [-0.4, -0.2) is 66.3 Å². The second-order valence-corrected chi connectivity index (χ2v) is 9.76. The van der Waals surface area contributed by atoms with Crippen LogP contribution in [0.4, 0.5) is 4.39 Å². The number of nitrogens with two attached hydrogens (primary N) is 1. The number of alkyl halides is 1. The molecule has 41 heavy (non-hydrogen) atoms. The molecule has 2 atom stereocenters. The number of nitrogens with zero attached hydrogens (tertiary/aromatic N) is 7. The Hall–Kier alpha value is -5.51. The van der Waals surface area contributed by atoms with Crippen LogP contribution in [0, 0.1) is 11.3 Å². The first-order valence-electron chi connectivity index (χ1n) is 12.7. The van der Waals surface area contributed by atoms with Crippen molar-refractivity contribution in [2.45, 2.75) is 31.6 Å². The van der Waals surface area contributed by atoms with Crippen molar-refractivity contribution in [1.82, 2.24) is 35.2 Å². The SMILES string of the molecule is N#Cc1ccc2c(n1)C(NC(=O)C1CC(F)CN1C(=O)Cn1nc(C(N)=O)c3cc(-c4ccnnc4)ccc31)=CC2. The van der Waals surface area contributed by atoms with E-state index in [1.54, 1.807) is 54.9 Å². The van der Waals surface area contributed by atoms with Crippen LogP contribution in [0.2, 0.25) is 0 Å². The minimum absolute atomic E-state index is 0.0215. The largest absolute Gasteiger partial charge is 0.364 e. The van der Waals surface area contributed by atoms with Gasteiger partial charge in [-0.2, -0.15) is 20.6 Å². The van der Waals surface area contributed by atoms with Crippen LogP contribution in [0.3, 0.4) is 0 Å². The highest BCUT2D eigenvalue weighted by molar-refractivity contribution is 6.05. The number of rotatable bonds is 6. The fourth-order valence-corrected chi connectivity index (χ4v) is 5.23. The third-order valence-electron chi connectivity index (χ3n) is 7.19. The lowest BCUT2D eigenvalue weighted by Gasteiger charge is -2.24. The van der Waals surface area contributed by atoms with Gasteiger partial charge in [0.15, 0.2) is 5.69 Å². The molecule has 3 amide bonds. The lowest BCUT2D eigenvalue weighted by atomic mass is 10.0. The Kier molecular flexibility index (Phi) is 6.43. The van der Waals surface area contributed by atoms with Crippen LogP contribution in [0.5, 0.6) is 0 Å². The second kappa shape index (κ2) is 10.2. The van der Waals surface area contributed by atoms with Crippen LogP contribution < -0.4 is 11.1 Å². The molecular weight excluding hydrogens is 529 g/mol. The molecule has 1 fully saturated rings. The lowest BCUT2D eigenvalue weighted by Crippen LogP contribution is -2.46. The summed E-state index contributed by atoms with van der Waals surface area (Å²) < 4.78 is 15.9. The molecule has 1 saturated heterocycles. The van der Waals surface area contributed by atoms with Crippen molar-refractivity contribution >= 4 is 34.3 Å². The summed E-state index contributed by atoms with van der Waals surface area (Å²) in [5, 5.41) is 24.3. The van der Waals surface area contributed by atoms with Crippen molar-refractivity contribution in [3.63, 3.8) is 0 Å². The number of hydrogen-bond donors (Lipinski definition) is 2. The van der Waals surface area contributed by atoms with Crippen molar-refractivity contribution in [1.29, 1.82) is 5.26 Å². The molecule has 0 bridgehead atoms. The molecule has 2 aliphatic rings. The smallest absolute Gasteiger partial charge is 0.269 e. The molecule has 1 aliphatic heterocycles. The maximum absolute atomic E-state index is 14.6. The number of fused-ring (bicyclic) bond motifs is 2. The van der Waals surface area contributed by atoms with Crippen LogP contribution in [-0.2, 0) is 22.6 Å². The van der Waals surface area contributed by atoms with E-state index >= 15 is 0 Å². The minimum Gasteiger partial charge on any atom is -0.364 e. The number of nitrogens with one attached hydrogen (secondary N) is 1. The monoisotopic (exact) mass is 551 g/mol. The van der Waals surface area contributed by atoms with Gasteiger partial charge in [-0.1, -0.05) is 18.2 Å². The average Bonchev–Trinajstić information content (AvgIpc) is 3.68. The van der Waals surface area contributed by atoms with Crippen LogP contribution in [0.15, 0.2) is 54.9 Å². The zero-order chi connectivity index (χ0) is 28.7. The predicted molar refractivity (Wildman–Crippen MR) is 143 cm³/mol. The van der Waals surface area contributed by atoms with E-state index in [2.05, 4.69) is 25.6 Å². The molecule has 0 radical (unpaired) electrons. The van der Waals surface area contributed by atoms with Gasteiger partial charge in [-0.05, 0) is 41.8 Å². The summed E-state index contributed by atoms with van der Waals surface area (Å²) in [6.45, 7) is -0.598. The van der Waals surface area contributed by atoms with E-state index in [-0.39, 0.29) is 30.9 Å². The lowest BCUT2D eigenvalue weighted by molar-refractivity contribution is -0.138. The number of primary amides is 1. The van der Waals surface area contributed by atoms with Gasteiger partial charge in [0.2, 0.25) is 11.8 Å². The molecule has 1 aliphatic carbocycles. The van der Waals surface area contributed by atoms with E-state index in [1.807, 2.05) is 6.07 Å². The van der Waals surface area contributed by atoms with Gasteiger partial charge in [-0.25, -0.2) is 9.37 Å². The highest BCUT2D eigenvalue weighted by Crippen LogP contribution is 2.28. The van der Waals surface area contributed by atoms with Gasteiger partial charge in [0.1, 0.15) is 30.5 Å². The van der Waals surface area contributed by atoms with E-state index in [4.69, 9.17) is 5.73 Å². The number of benzene rings is 1. The van der Waals surface area contributed by atoms with Crippen LogP contribution in [0.25, 0.3) is 27.7 Å². The summed E-state index contributed by atoms with van der Waals surface area (Å²) in [5.41, 5.74) is 9.50. The fraction of sp³-hybridized carbons (Fsp3) is 0.214. The van der Waals surface area contributed by atoms with Crippen molar-refractivity contribution in [3.05, 3.63) is 77.5 Å². The number of nitriles is 1. The molecule has 4 heterocycles. The molecule has 4 aromatic rings. The van der Waals surface area contributed by atoms with Gasteiger partial charge in [0.25, 0.3) is 5.91 Å². The van der Waals surface area contributed by atoms with Crippen molar-refractivity contribution in [3.8, 4) is 17.2 Å². The normalized spacial score (nSPS) is 17.7. The van der Waals surface area contributed by atoms with Gasteiger partial charge in [-0.3, -0.25) is 19.1 Å². The van der Waals surface area contributed by atoms with Crippen LogP contribution >= 0.6 is 0 Å². The first-order chi connectivity index (χ1) is 19.8. The van der Waals surface area contributed by atoms with Crippen LogP contribution in [0.1, 0.15) is 33.9 Å². The molecule has 13 heteroatoms. The Morgan fingerprint density at radius 2 is 2.00 bits per heavy atom. The molecule has 0 spiro atoms. The third-order valence-corrected chi connectivity index (χ3v) is 7.19. The molecule has 204 valence electrons. The summed E-state index contributed by atoms with van der Waals surface area (Å²) in [6, 6.07) is 11.3. The number of pyridine rings is 1.